The van der Waals surface area contributed by atoms with Gasteiger partial charge >= 0.3 is 0 Å². The minimum absolute atomic E-state index is 0.538. The van der Waals surface area contributed by atoms with Crippen molar-refractivity contribution < 1.29 is 0 Å². The first-order chi connectivity index (χ1) is 10.2. The summed E-state index contributed by atoms with van der Waals surface area (Å²) < 4.78 is 0. The molecule has 114 valence electrons. The number of anilines is 1. The summed E-state index contributed by atoms with van der Waals surface area (Å²) in [5, 5.41) is 6.60. The zero-order chi connectivity index (χ0) is 14.8. The Balaban J connectivity index is 1.84. The number of nitrogens with zero attached hydrogens (tertiary/aromatic N) is 3. The quantitative estimate of drug-likeness (QED) is 0.846. The van der Waals surface area contributed by atoms with E-state index < -0.39 is 0 Å². The van der Waals surface area contributed by atoms with Gasteiger partial charge in [0.2, 0.25) is 0 Å². The fourth-order valence-electron chi connectivity index (χ4n) is 2.54. The fourth-order valence-corrected chi connectivity index (χ4v) is 3.33. The maximum atomic E-state index is 4.76. The van der Waals surface area contributed by atoms with Crippen LogP contribution in [-0.2, 0) is 6.54 Å². The van der Waals surface area contributed by atoms with Crippen molar-refractivity contribution in [2.75, 3.05) is 18.4 Å². The maximum Gasteiger partial charge on any atom is 0.146 e. The van der Waals surface area contributed by atoms with E-state index in [0.29, 0.717) is 6.04 Å². The van der Waals surface area contributed by atoms with Crippen LogP contribution in [-0.4, -0.2) is 34.0 Å². The van der Waals surface area contributed by atoms with Crippen LogP contribution in [0.3, 0.4) is 0 Å². The summed E-state index contributed by atoms with van der Waals surface area (Å²) in [6.45, 7) is 9.54. The number of thiophene rings is 1. The average molecular weight is 304 g/mol. The standard InChI is InChI=1S/C16H24N4S/c1-4-17-15-13-7-8-21-16(13)19-14(18-15)10-20(11(2)3)9-12-5-6-12/h7-8,11-12H,4-6,9-10H2,1-3H3,(H,17,18,19). The normalized spacial score (nSPS) is 15.3. The highest BCUT2D eigenvalue weighted by molar-refractivity contribution is 7.16. The van der Waals surface area contributed by atoms with E-state index in [9.17, 15) is 0 Å². The molecular weight excluding hydrogens is 280 g/mol. The van der Waals surface area contributed by atoms with Crippen LogP contribution in [0.25, 0.3) is 10.2 Å². The lowest BCUT2D eigenvalue weighted by Crippen LogP contribution is -2.33. The lowest BCUT2D eigenvalue weighted by Gasteiger charge is -2.25. The van der Waals surface area contributed by atoms with Crippen LogP contribution in [0.5, 0.6) is 0 Å². The Morgan fingerprint density at radius 3 is 2.86 bits per heavy atom. The molecule has 4 nitrogen and oxygen atoms in total. The molecule has 5 heteroatoms. The maximum absolute atomic E-state index is 4.76. The van der Waals surface area contributed by atoms with Crippen LogP contribution in [0, 0.1) is 5.92 Å². The number of hydrogen-bond acceptors (Lipinski definition) is 5. The molecule has 0 unspecified atom stereocenters. The number of nitrogens with one attached hydrogen (secondary N) is 1. The number of fused-ring (bicyclic) bond motifs is 1. The second-order valence-electron chi connectivity index (χ2n) is 6.12. The van der Waals surface area contributed by atoms with Crippen molar-refractivity contribution in [2.45, 2.75) is 46.2 Å². The third kappa shape index (κ3) is 3.52. The third-order valence-electron chi connectivity index (χ3n) is 3.98. The van der Waals surface area contributed by atoms with Crippen LogP contribution < -0.4 is 5.32 Å². The first kappa shape index (κ1) is 14.7. The lowest BCUT2D eigenvalue weighted by molar-refractivity contribution is 0.199. The number of rotatable bonds is 7. The molecule has 0 aliphatic heterocycles. The van der Waals surface area contributed by atoms with Crippen molar-refractivity contribution in [3.8, 4) is 0 Å². The van der Waals surface area contributed by atoms with Crippen molar-refractivity contribution in [3.63, 3.8) is 0 Å². The van der Waals surface area contributed by atoms with Gasteiger partial charge in [-0.3, -0.25) is 4.90 Å². The molecule has 21 heavy (non-hydrogen) atoms. The van der Waals surface area contributed by atoms with E-state index in [-0.39, 0.29) is 0 Å². The van der Waals surface area contributed by atoms with Gasteiger partial charge in [0.1, 0.15) is 16.5 Å². The van der Waals surface area contributed by atoms with Crippen LogP contribution >= 0.6 is 11.3 Å². The van der Waals surface area contributed by atoms with E-state index in [0.717, 1.165) is 40.9 Å². The van der Waals surface area contributed by atoms with Crippen molar-refractivity contribution >= 4 is 27.4 Å². The van der Waals surface area contributed by atoms with E-state index in [2.05, 4.69) is 42.4 Å². The molecule has 0 radical (unpaired) electrons. The van der Waals surface area contributed by atoms with Gasteiger partial charge in [0, 0.05) is 19.1 Å². The molecule has 1 saturated carbocycles. The van der Waals surface area contributed by atoms with Gasteiger partial charge in [0.15, 0.2) is 0 Å². The molecule has 0 saturated heterocycles. The topological polar surface area (TPSA) is 41.1 Å². The van der Waals surface area contributed by atoms with Crippen molar-refractivity contribution in [2.24, 2.45) is 5.92 Å². The Morgan fingerprint density at radius 2 is 2.19 bits per heavy atom. The van der Waals surface area contributed by atoms with Crippen molar-refractivity contribution in [1.29, 1.82) is 0 Å². The first-order valence-corrected chi connectivity index (χ1v) is 8.77. The Hall–Kier alpha value is -1.20. The van der Waals surface area contributed by atoms with E-state index in [1.807, 2.05) is 0 Å². The van der Waals surface area contributed by atoms with Gasteiger partial charge in [0.25, 0.3) is 0 Å². The molecule has 0 aromatic carbocycles. The molecule has 1 fully saturated rings. The van der Waals surface area contributed by atoms with Gasteiger partial charge < -0.3 is 5.32 Å². The molecule has 0 atom stereocenters. The predicted octanol–water partition coefficient (Wildman–Crippen LogP) is 3.74. The molecule has 2 aromatic rings. The molecule has 0 bridgehead atoms. The monoisotopic (exact) mass is 304 g/mol. The fraction of sp³-hybridized carbons (Fsp3) is 0.625. The second-order valence-corrected chi connectivity index (χ2v) is 7.02. The van der Waals surface area contributed by atoms with Gasteiger partial charge in [0.05, 0.1) is 11.9 Å². The molecule has 1 aliphatic rings. The van der Waals surface area contributed by atoms with Crippen LogP contribution in [0.15, 0.2) is 11.4 Å². The Kier molecular flexibility index (Phi) is 4.40. The van der Waals surface area contributed by atoms with Gasteiger partial charge in [-0.05, 0) is 51.0 Å². The molecule has 2 heterocycles. The largest absolute Gasteiger partial charge is 0.370 e. The summed E-state index contributed by atoms with van der Waals surface area (Å²) in [5.74, 6) is 2.82. The highest BCUT2D eigenvalue weighted by atomic mass is 32.1. The van der Waals surface area contributed by atoms with Crippen LogP contribution in [0.4, 0.5) is 5.82 Å². The summed E-state index contributed by atoms with van der Waals surface area (Å²) >= 11 is 1.69. The zero-order valence-electron chi connectivity index (χ0n) is 13.1. The smallest absolute Gasteiger partial charge is 0.146 e. The van der Waals surface area contributed by atoms with Gasteiger partial charge in [-0.25, -0.2) is 9.97 Å². The van der Waals surface area contributed by atoms with E-state index in [1.54, 1.807) is 11.3 Å². The predicted molar refractivity (Wildman–Crippen MR) is 89.8 cm³/mol. The van der Waals surface area contributed by atoms with Crippen molar-refractivity contribution in [1.82, 2.24) is 14.9 Å². The van der Waals surface area contributed by atoms with Crippen LogP contribution in [0.1, 0.15) is 39.4 Å². The Morgan fingerprint density at radius 1 is 1.38 bits per heavy atom. The Labute approximate surface area is 130 Å². The van der Waals surface area contributed by atoms with Gasteiger partial charge in [-0.15, -0.1) is 11.3 Å². The summed E-state index contributed by atoms with van der Waals surface area (Å²) in [4.78, 5) is 13.1. The minimum Gasteiger partial charge on any atom is -0.370 e. The van der Waals surface area contributed by atoms with Crippen molar-refractivity contribution in [3.05, 3.63) is 17.3 Å². The lowest BCUT2D eigenvalue weighted by atomic mass is 10.2. The average Bonchev–Trinajstić information content (AvgIpc) is 3.13. The summed E-state index contributed by atoms with van der Waals surface area (Å²) in [6, 6.07) is 2.64. The zero-order valence-corrected chi connectivity index (χ0v) is 13.9. The summed E-state index contributed by atoms with van der Waals surface area (Å²) in [5.41, 5.74) is 0. The molecule has 1 N–H and O–H groups in total. The highest BCUT2D eigenvalue weighted by Gasteiger charge is 2.26. The second kappa shape index (κ2) is 6.28. The molecule has 3 rings (SSSR count). The summed E-state index contributed by atoms with van der Waals surface area (Å²) in [7, 11) is 0. The van der Waals surface area contributed by atoms with Crippen LogP contribution in [0.2, 0.25) is 0 Å². The van der Waals surface area contributed by atoms with E-state index in [4.69, 9.17) is 9.97 Å². The molecule has 0 spiro atoms. The van der Waals surface area contributed by atoms with Gasteiger partial charge in [-0.1, -0.05) is 0 Å². The molecule has 2 aromatic heterocycles. The number of aromatic nitrogens is 2. The summed E-state index contributed by atoms with van der Waals surface area (Å²) in [6.07, 6.45) is 2.77. The first-order valence-electron chi connectivity index (χ1n) is 7.89. The Bertz CT molecular complexity index is 603. The highest BCUT2D eigenvalue weighted by Crippen LogP contribution is 2.31. The van der Waals surface area contributed by atoms with E-state index in [1.165, 1.54) is 19.4 Å². The van der Waals surface area contributed by atoms with E-state index >= 15 is 0 Å². The van der Waals surface area contributed by atoms with Gasteiger partial charge in [-0.2, -0.15) is 0 Å². The third-order valence-corrected chi connectivity index (χ3v) is 4.79. The SMILES string of the molecule is CCNc1nc(CN(CC2CC2)C(C)C)nc2sccc12. The molecular formula is C16H24N4S. The molecule has 1 aliphatic carbocycles. The molecule has 0 amide bonds. The minimum atomic E-state index is 0.538. The number of hydrogen-bond donors (Lipinski definition) is 1.